The summed E-state index contributed by atoms with van der Waals surface area (Å²) in [5.74, 6) is 1.70. The summed E-state index contributed by atoms with van der Waals surface area (Å²) in [7, 11) is 0. The fourth-order valence-corrected chi connectivity index (χ4v) is 2.43. The Bertz CT molecular complexity index is 618. The third-order valence-electron chi connectivity index (χ3n) is 3.56. The summed E-state index contributed by atoms with van der Waals surface area (Å²) in [4.78, 5) is 0. The summed E-state index contributed by atoms with van der Waals surface area (Å²) >= 11 is 0. The van der Waals surface area contributed by atoms with E-state index in [1.54, 1.807) is 0 Å². The van der Waals surface area contributed by atoms with E-state index in [-0.39, 0.29) is 5.41 Å². The Labute approximate surface area is 127 Å². The summed E-state index contributed by atoms with van der Waals surface area (Å²) < 4.78 is 6.12. The Kier molecular flexibility index (Phi) is 4.26. The third-order valence-corrected chi connectivity index (χ3v) is 3.56. The van der Waals surface area contributed by atoms with Crippen molar-refractivity contribution >= 4 is 5.69 Å². The molecule has 0 spiro atoms. The van der Waals surface area contributed by atoms with E-state index in [9.17, 15) is 0 Å². The molecule has 2 heteroatoms. The molecule has 0 aliphatic rings. The number of aryl methyl sites for hydroxylation is 2. The Morgan fingerprint density at radius 3 is 2.33 bits per heavy atom. The number of benzene rings is 2. The lowest BCUT2D eigenvalue weighted by atomic mass is 9.85. The van der Waals surface area contributed by atoms with Crippen molar-refractivity contribution in [2.45, 2.75) is 46.5 Å². The Balaban J connectivity index is 2.43. The van der Waals surface area contributed by atoms with E-state index in [0.717, 1.165) is 29.2 Å². The zero-order chi connectivity index (χ0) is 15.6. The topological polar surface area (TPSA) is 35.2 Å². The minimum atomic E-state index is 0.0376. The van der Waals surface area contributed by atoms with Crippen molar-refractivity contribution in [1.29, 1.82) is 0 Å². The van der Waals surface area contributed by atoms with Gasteiger partial charge in [-0.2, -0.15) is 0 Å². The smallest absolute Gasteiger partial charge is 0.131 e. The molecule has 2 N–H and O–H groups in total. The molecule has 0 amide bonds. The molecule has 0 saturated heterocycles. The highest BCUT2D eigenvalue weighted by Gasteiger charge is 2.20. The molecular formula is C19H25NO. The molecule has 2 nitrogen and oxygen atoms in total. The van der Waals surface area contributed by atoms with Crippen LogP contribution in [0.4, 0.5) is 5.69 Å². The van der Waals surface area contributed by atoms with E-state index in [1.165, 1.54) is 11.1 Å². The van der Waals surface area contributed by atoms with Crippen molar-refractivity contribution in [3.05, 3.63) is 53.1 Å². The fourth-order valence-electron chi connectivity index (χ4n) is 2.43. The van der Waals surface area contributed by atoms with Gasteiger partial charge in [-0.15, -0.1) is 0 Å². The zero-order valence-corrected chi connectivity index (χ0v) is 13.7. The molecule has 21 heavy (non-hydrogen) atoms. The SMILES string of the molecule is CCc1ccc(Oc2cc(C)cc(N)c2)c(C(C)(C)C)c1. The van der Waals surface area contributed by atoms with Crippen LogP contribution in [0.5, 0.6) is 11.5 Å². The molecule has 0 radical (unpaired) electrons. The van der Waals surface area contributed by atoms with Gasteiger partial charge >= 0.3 is 0 Å². The van der Waals surface area contributed by atoms with Crippen LogP contribution in [0.25, 0.3) is 0 Å². The summed E-state index contributed by atoms with van der Waals surface area (Å²) in [5.41, 5.74) is 10.3. The first-order chi connectivity index (χ1) is 9.79. The van der Waals surface area contributed by atoms with Crippen molar-refractivity contribution in [2.24, 2.45) is 0 Å². The molecule has 0 aliphatic carbocycles. The second kappa shape index (κ2) is 5.80. The highest BCUT2D eigenvalue weighted by molar-refractivity contribution is 5.50. The van der Waals surface area contributed by atoms with Gasteiger partial charge in [0.05, 0.1) is 0 Å². The lowest BCUT2D eigenvalue weighted by Crippen LogP contribution is -2.13. The van der Waals surface area contributed by atoms with E-state index in [0.29, 0.717) is 0 Å². The first-order valence-corrected chi connectivity index (χ1v) is 7.48. The fraction of sp³-hybridized carbons (Fsp3) is 0.368. The molecule has 0 heterocycles. The zero-order valence-electron chi connectivity index (χ0n) is 13.7. The van der Waals surface area contributed by atoms with Crippen LogP contribution in [-0.4, -0.2) is 0 Å². The number of hydrogen-bond donors (Lipinski definition) is 1. The van der Waals surface area contributed by atoms with Gasteiger partial charge in [0.25, 0.3) is 0 Å². The quantitative estimate of drug-likeness (QED) is 0.783. The lowest BCUT2D eigenvalue weighted by Gasteiger charge is -2.23. The molecule has 0 atom stereocenters. The molecule has 0 fully saturated rings. The first kappa shape index (κ1) is 15.4. The van der Waals surface area contributed by atoms with Crippen molar-refractivity contribution in [3.63, 3.8) is 0 Å². The van der Waals surface area contributed by atoms with E-state index >= 15 is 0 Å². The molecule has 2 aromatic rings. The van der Waals surface area contributed by atoms with Crippen LogP contribution in [0.3, 0.4) is 0 Å². The van der Waals surface area contributed by atoms with Gasteiger partial charge in [0, 0.05) is 17.3 Å². The maximum Gasteiger partial charge on any atom is 0.131 e. The minimum Gasteiger partial charge on any atom is -0.457 e. The number of nitrogen functional groups attached to an aromatic ring is 1. The van der Waals surface area contributed by atoms with Gasteiger partial charge in [-0.25, -0.2) is 0 Å². The number of nitrogens with two attached hydrogens (primary N) is 1. The molecular weight excluding hydrogens is 258 g/mol. The molecule has 0 saturated carbocycles. The maximum atomic E-state index is 6.12. The molecule has 0 bridgehead atoms. The van der Waals surface area contributed by atoms with Crippen molar-refractivity contribution < 1.29 is 4.74 Å². The second-order valence-corrected chi connectivity index (χ2v) is 6.62. The molecule has 2 rings (SSSR count). The molecule has 2 aromatic carbocycles. The standard InChI is InChI=1S/C19H25NO/c1-6-14-7-8-18(17(11-14)19(3,4)5)21-16-10-13(2)9-15(20)12-16/h7-12H,6,20H2,1-5H3. The monoisotopic (exact) mass is 283 g/mol. The van der Waals surface area contributed by atoms with Crippen molar-refractivity contribution in [3.8, 4) is 11.5 Å². The van der Waals surface area contributed by atoms with E-state index in [4.69, 9.17) is 10.5 Å². The molecule has 112 valence electrons. The highest BCUT2D eigenvalue weighted by atomic mass is 16.5. The van der Waals surface area contributed by atoms with Gasteiger partial charge in [0.15, 0.2) is 0 Å². The van der Waals surface area contributed by atoms with Crippen LogP contribution in [-0.2, 0) is 11.8 Å². The van der Waals surface area contributed by atoms with Crippen molar-refractivity contribution in [2.75, 3.05) is 5.73 Å². The predicted molar refractivity (Wildman–Crippen MR) is 90.2 cm³/mol. The van der Waals surface area contributed by atoms with Gasteiger partial charge < -0.3 is 10.5 Å². The summed E-state index contributed by atoms with van der Waals surface area (Å²) in [6, 6.07) is 12.3. The molecule has 0 aliphatic heterocycles. The third kappa shape index (κ3) is 3.78. The van der Waals surface area contributed by atoms with Gasteiger partial charge in [-0.05, 0) is 48.1 Å². The number of rotatable bonds is 3. The largest absolute Gasteiger partial charge is 0.457 e. The number of hydrogen-bond acceptors (Lipinski definition) is 2. The van der Waals surface area contributed by atoms with Crippen LogP contribution in [0, 0.1) is 6.92 Å². The molecule has 0 aromatic heterocycles. The second-order valence-electron chi connectivity index (χ2n) is 6.62. The summed E-state index contributed by atoms with van der Waals surface area (Å²) in [6.45, 7) is 10.8. The Morgan fingerprint density at radius 1 is 1.05 bits per heavy atom. The summed E-state index contributed by atoms with van der Waals surface area (Å²) in [5, 5.41) is 0. The van der Waals surface area contributed by atoms with Crippen LogP contribution < -0.4 is 10.5 Å². The summed E-state index contributed by atoms with van der Waals surface area (Å²) in [6.07, 6.45) is 1.03. The molecule has 0 unspecified atom stereocenters. The first-order valence-electron chi connectivity index (χ1n) is 7.48. The van der Waals surface area contributed by atoms with E-state index in [1.807, 2.05) is 25.1 Å². The van der Waals surface area contributed by atoms with Crippen LogP contribution >= 0.6 is 0 Å². The average molecular weight is 283 g/mol. The Hall–Kier alpha value is -1.96. The predicted octanol–water partition coefficient (Wildman–Crippen LogP) is 5.23. The van der Waals surface area contributed by atoms with Gasteiger partial charge in [0.1, 0.15) is 11.5 Å². The van der Waals surface area contributed by atoms with E-state index in [2.05, 4.69) is 45.9 Å². The van der Waals surface area contributed by atoms with Crippen LogP contribution in [0.1, 0.15) is 44.4 Å². The normalized spacial score (nSPS) is 11.5. The Morgan fingerprint density at radius 2 is 1.76 bits per heavy atom. The van der Waals surface area contributed by atoms with Gasteiger partial charge in [-0.3, -0.25) is 0 Å². The van der Waals surface area contributed by atoms with Crippen LogP contribution in [0.15, 0.2) is 36.4 Å². The van der Waals surface area contributed by atoms with Gasteiger partial charge in [0.2, 0.25) is 0 Å². The minimum absolute atomic E-state index is 0.0376. The van der Waals surface area contributed by atoms with Gasteiger partial charge in [-0.1, -0.05) is 39.8 Å². The van der Waals surface area contributed by atoms with Crippen LogP contribution in [0.2, 0.25) is 0 Å². The number of ether oxygens (including phenoxy) is 1. The lowest BCUT2D eigenvalue weighted by molar-refractivity contribution is 0.455. The van der Waals surface area contributed by atoms with Crippen molar-refractivity contribution in [1.82, 2.24) is 0 Å². The number of anilines is 1. The van der Waals surface area contributed by atoms with E-state index < -0.39 is 0 Å². The maximum absolute atomic E-state index is 6.12. The average Bonchev–Trinajstić information content (AvgIpc) is 2.36. The highest BCUT2D eigenvalue weighted by Crippen LogP contribution is 2.35.